The van der Waals surface area contributed by atoms with Crippen LogP contribution in [0.15, 0.2) is 36.5 Å². The first kappa shape index (κ1) is 40.1. The number of esters is 1. The fourth-order valence-corrected chi connectivity index (χ4v) is 9.66. The molecule has 6 rings (SSSR count). The molecule has 2 aliphatic carbocycles. The number of carbonyl (C=O) groups excluding carboxylic acids is 4. The maximum Gasteiger partial charge on any atom is 0.427 e. The van der Waals surface area contributed by atoms with Gasteiger partial charge in [-0.2, -0.15) is 13.2 Å². The third-order valence-electron chi connectivity index (χ3n) is 12.5. The van der Waals surface area contributed by atoms with Crippen LogP contribution in [-0.4, -0.2) is 84.2 Å². The van der Waals surface area contributed by atoms with Crippen molar-refractivity contribution in [2.45, 2.75) is 127 Å². The van der Waals surface area contributed by atoms with Crippen LogP contribution < -0.4 is 14.2 Å². The molecule has 12 nitrogen and oxygen atoms in total. The summed E-state index contributed by atoms with van der Waals surface area (Å²) in [5, 5.41) is 0.742. The van der Waals surface area contributed by atoms with Crippen LogP contribution in [0.2, 0.25) is 0 Å². The van der Waals surface area contributed by atoms with Crippen LogP contribution in [0.25, 0.3) is 10.8 Å². The zero-order valence-corrected chi connectivity index (χ0v) is 34.5. The van der Waals surface area contributed by atoms with Crippen LogP contribution in [0, 0.1) is 34.9 Å². The number of nitrogens with one attached hydrogen (secondary N) is 1. The Bertz CT molecular complexity index is 2230. The van der Waals surface area contributed by atoms with Gasteiger partial charge in [0.25, 0.3) is 0 Å². The summed E-state index contributed by atoms with van der Waals surface area (Å²) in [6.07, 6.45) is -0.969. The average Bonchev–Trinajstić information content (AvgIpc) is 4.09. The summed E-state index contributed by atoms with van der Waals surface area (Å²) in [6, 6.07) is 2.86. The minimum atomic E-state index is -4.92. The highest BCUT2D eigenvalue weighted by Gasteiger charge is 2.63. The molecule has 3 fully saturated rings. The Hall–Kier alpha value is -4.28. The lowest BCUT2D eigenvalue weighted by Crippen LogP contribution is -2.49. The number of hydrogen-bond acceptors (Lipinski definition) is 10. The zero-order chi connectivity index (χ0) is 45.8. The number of methoxy groups -OCH3 is 1. The molecule has 17 heteroatoms. The lowest BCUT2D eigenvalue weighted by Gasteiger charge is -2.34. The smallest absolute Gasteiger partial charge is 0.427 e. The number of Topliss-reactive ketones (excluding diaryl/α,β-unsaturated/α-hetero) is 1. The lowest BCUT2D eigenvalue weighted by atomic mass is 9.79. The second-order valence-corrected chi connectivity index (χ2v) is 19.1. The molecule has 1 aromatic carbocycles. The molecular weight excluding hydrogens is 799 g/mol. The van der Waals surface area contributed by atoms with E-state index >= 15 is 0 Å². The molecule has 324 valence electrons. The molecule has 2 amide bonds. The molecule has 2 aliphatic heterocycles. The van der Waals surface area contributed by atoms with E-state index in [-0.39, 0.29) is 55.2 Å². The Morgan fingerprint density at radius 2 is 1.88 bits per heavy atom. The number of ketones is 1. The molecule has 1 aromatic heterocycles. The highest BCUT2D eigenvalue weighted by Crippen LogP contribution is 2.58. The summed E-state index contributed by atoms with van der Waals surface area (Å²) in [4.78, 5) is 62.7. The van der Waals surface area contributed by atoms with Gasteiger partial charge in [-0.3, -0.25) is 23.9 Å². The Morgan fingerprint density at radius 3 is 2.53 bits per heavy atom. The number of rotatable bonds is 10. The van der Waals surface area contributed by atoms with Crippen LogP contribution in [0.4, 0.5) is 17.6 Å². The molecule has 3 heterocycles. The number of aromatic nitrogens is 1. The number of amides is 2. The van der Waals surface area contributed by atoms with Crippen molar-refractivity contribution in [1.29, 1.82) is 0 Å². The largest absolute Gasteiger partial charge is 0.494 e. The predicted octanol–water partition coefficient (Wildman–Crippen LogP) is 6.99. The monoisotopic (exact) mass is 854 g/mol. The molecule has 4 aliphatic rings. The van der Waals surface area contributed by atoms with Gasteiger partial charge in [0.15, 0.2) is 17.3 Å². The zero-order valence-electron chi connectivity index (χ0n) is 36.7. The van der Waals surface area contributed by atoms with E-state index in [2.05, 4.69) is 4.98 Å². The lowest BCUT2D eigenvalue weighted by molar-refractivity contribution is -0.257. The van der Waals surface area contributed by atoms with Crippen LogP contribution >= 0.6 is 0 Å². The number of nitrogens with zero attached hydrogens (tertiary/aromatic N) is 2. The minimum absolute atomic E-state index is 0.0368. The summed E-state index contributed by atoms with van der Waals surface area (Å²) < 4.78 is 123. The molecular formula is C42H53F4N3O9S. The van der Waals surface area contributed by atoms with E-state index in [1.807, 2.05) is 17.7 Å². The maximum atomic E-state index is 15.0. The van der Waals surface area contributed by atoms with E-state index in [1.54, 1.807) is 19.1 Å². The highest BCUT2D eigenvalue weighted by molar-refractivity contribution is 7.91. The third kappa shape index (κ3) is 9.09. The fraction of sp³-hybridized carbons (Fsp3) is 0.643. The number of halogens is 4. The molecule has 59 heavy (non-hydrogen) atoms. The number of ether oxygens (including phenoxy) is 3. The molecule has 0 spiro atoms. The molecule has 2 saturated carbocycles. The number of hydrogen-bond donors (Lipinski definition) is 1. The van der Waals surface area contributed by atoms with Crippen molar-refractivity contribution in [2.24, 2.45) is 29.1 Å². The first-order valence-corrected chi connectivity index (χ1v) is 21.4. The Morgan fingerprint density at radius 1 is 1.15 bits per heavy atom. The highest BCUT2D eigenvalue weighted by atomic mass is 32.2. The van der Waals surface area contributed by atoms with Gasteiger partial charge < -0.3 is 19.1 Å². The number of alkyl halides is 3. The standard InChI is InChI=1S/C42H53F4N3O9S/c1-7-25-16-24(2)10-8-9-11-27-21-41(27,38(53)48-59(54,55)40(5)13-14-40)22-33(50)32-18-28(57-36-29-19-31(43)34(56-6)17-26(29)12-15-47-36)23-49(32)37(52)30(25)20-35(51)58-39(3,4)42(44,45)46/h9,11-12,15,17,19,24-25,27-28,30,32H,7-8,10,13-14,16,18,20-23H2,1-6H3,(H,48,53)/b11-9-/t24-,25-,27-,28-,30+,32+,41-/m1/s1/i5D3. The summed E-state index contributed by atoms with van der Waals surface area (Å²) in [6.45, 7) is 1.92. The van der Waals surface area contributed by atoms with E-state index in [0.29, 0.717) is 44.9 Å². The van der Waals surface area contributed by atoms with Crippen molar-refractivity contribution in [2.75, 3.05) is 13.7 Å². The van der Waals surface area contributed by atoms with Crippen LogP contribution in [-0.2, 0) is 33.9 Å². The van der Waals surface area contributed by atoms with Crippen molar-refractivity contribution < 1.29 is 63.5 Å². The number of sulfonamides is 1. The normalized spacial score (nSPS) is 30.3. The van der Waals surface area contributed by atoms with Gasteiger partial charge in [0.05, 0.1) is 42.2 Å². The fourth-order valence-electron chi connectivity index (χ4n) is 8.37. The molecule has 0 bridgehead atoms. The van der Waals surface area contributed by atoms with Gasteiger partial charge in [-0.15, -0.1) is 0 Å². The second-order valence-electron chi connectivity index (χ2n) is 17.2. The number of allylic oxidation sites excluding steroid dienone is 2. The van der Waals surface area contributed by atoms with Crippen LogP contribution in [0.5, 0.6) is 11.6 Å². The topological polar surface area (TPSA) is 158 Å². The first-order chi connectivity index (χ1) is 28.8. The second kappa shape index (κ2) is 16.3. The van der Waals surface area contributed by atoms with Crippen LogP contribution in [0.3, 0.4) is 0 Å². The van der Waals surface area contributed by atoms with Crippen LogP contribution in [0.1, 0.15) is 103 Å². The van der Waals surface area contributed by atoms with Crippen molar-refractivity contribution in [3.8, 4) is 11.6 Å². The van der Waals surface area contributed by atoms with Gasteiger partial charge in [-0.05, 0) is 101 Å². The molecule has 0 radical (unpaired) electrons. The third-order valence-corrected chi connectivity index (χ3v) is 14.4. The molecule has 2 aromatic rings. The Kier molecular flexibility index (Phi) is 11.1. The number of pyridine rings is 1. The molecule has 0 unspecified atom stereocenters. The predicted molar refractivity (Wildman–Crippen MR) is 208 cm³/mol. The van der Waals surface area contributed by atoms with Crippen molar-refractivity contribution in [3.05, 3.63) is 42.4 Å². The first-order valence-electron chi connectivity index (χ1n) is 21.4. The van der Waals surface area contributed by atoms with Gasteiger partial charge >= 0.3 is 12.1 Å². The van der Waals surface area contributed by atoms with Gasteiger partial charge in [0.2, 0.25) is 33.3 Å². The number of fused-ring (bicyclic) bond motifs is 3. The summed E-state index contributed by atoms with van der Waals surface area (Å²) in [5.41, 5.74) is -4.50. The average molecular weight is 855 g/mol. The van der Waals surface area contributed by atoms with Gasteiger partial charge in [0, 0.05) is 28.5 Å². The SMILES string of the molecule is [2H]C([2H])([2H])C1(S(=O)(=O)NC(=O)[C@]23CC(=O)[C@@H]4C[C@@H](Oc5nccc6cc(OC)c(F)cc56)CN4C(=O)[C@@H](CC(=O)OC(C)(C)C(F)(F)F)[C@H](CC)C[C@H](C)CC/C=C\[C@@H]2C3)CC1. The Labute approximate surface area is 346 Å². The van der Waals surface area contributed by atoms with Crippen molar-refractivity contribution in [3.63, 3.8) is 0 Å². The number of benzene rings is 1. The maximum absolute atomic E-state index is 15.0. The quantitative estimate of drug-likeness (QED) is 0.150. The van der Waals surface area contributed by atoms with E-state index in [4.69, 9.17) is 18.3 Å². The van der Waals surface area contributed by atoms with E-state index in [1.165, 1.54) is 24.3 Å². The van der Waals surface area contributed by atoms with Crippen molar-refractivity contribution in [1.82, 2.24) is 14.6 Å². The molecule has 1 saturated heterocycles. The van der Waals surface area contributed by atoms with Gasteiger partial charge in [0.1, 0.15) is 6.10 Å². The molecule has 1 N–H and O–H groups in total. The molecule has 7 atom stereocenters. The van der Waals surface area contributed by atoms with E-state index < -0.39 is 111 Å². The van der Waals surface area contributed by atoms with E-state index in [9.17, 15) is 45.2 Å². The van der Waals surface area contributed by atoms with Gasteiger partial charge in [-0.25, -0.2) is 17.8 Å². The summed E-state index contributed by atoms with van der Waals surface area (Å²) >= 11 is 0. The van der Waals surface area contributed by atoms with E-state index in [0.717, 1.165) is 6.07 Å². The van der Waals surface area contributed by atoms with Crippen molar-refractivity contribution >= 4 is 44.4 Å². The minimum Gasteiger partial charge on any atom is -0.494 e. The van der Waals surface area contributed by atoms with Gasteiger partial charge in [-0.1, -0.05) is 32.4 Å². The summed E-state index contributed by atoms with van der Waals surface area (Å²) in [5.74, 6) is -6.98. The number of carbonyl (C=O) groups is 4. The Balaban J connectivity index is 1.38. The summed E-state index contributed by atoms with van der Waals surface area (Å²) in [7, 11) is -3.44.